The van der Waals surface area contributed by atoms with Crippen molar-refractivity contribution in [2.24, 2.45) is 0 Å². The van der Waals surface area contributed by atoms with Gasteiger partial charge in [-0.15, -0.1) is 0 Å². The standard InChI is InChI=1S/C18H13ClF3N3O5S/c1-31(27,28)25-14-7-6-12(30-11-4-2-10(19)3-5-11)8-13(14)16(26)24-17-23-15(9-29-17)18(20,21)22/h2-9,25H,1H3,(H,23,24,26). The van der Waals surface area contributed by atoms with Gasteiger partial charge in [0.25, 0.3) is 5.91 Å². The molecule has 13 heteroatoms. The van der Waals surface area contributed by atoms with E-state index in [0.717, 1.165) is 6.26 Å². The molecule has 8 nitrogen and oxygen atoms in total. The maximum Gasteiger partial charge on any atom is 0.436 e. The van der Waals surface area contributed by atoms with Gasteiger partial charge in [-0.25, -0.2) is 8.42 Å². The summed E-state index contributed by atoms with van der Waals surface area (Å²) in [7, 11) is -3.77. The van der Waals surface area contributed by atoms with Crippen LogP contribution in [-0.4, -0.2) is 25.6 Å². The first-order valence-corrected chi connectivity index (χ1v) is 10.6. The minimum absolute atomic E-state index is 0.133. The van der Waals surface area contributed by atoms with E-state index in [1.165, 1.54) is 18.2 Å². The van der Waals surface area contributed by atoms with Crippen molar-refractivity contribution in [1.29, 1.82) is 0 Å². The van der Waals surface area contributed by atoms with E-state index >= 15 is 0 Å². The number of benzene rings is 2. The Kier molecular flexibility index (Phi) is 6.13. The second-order valence-electron chi connectivity index (χ2n) is 6.13. The number of hydrogen-bond donors (Lipinski definition) is 2. The fourth-order valence-corrected chi connectivity index (χ4v) is 3.03. The molecular weight excluding hydrogens is 463 g/mol. The number of anilines is 2. The van der Waals surface area contributed by atoms with E-state index in [1.807, 2.05) is 0 Å². The summed E-state index contributed by atoms with van der Waals surface area (Å²) < 4.78 is 73.6. The second kappa shape index (κ2) is 8.47. The van der Waals surface area contributed by atoms with Gasteiger partial charge in [-0.1, -0.05) is 11.6 Å². The van der Waals surface area contributed by atoms with Crippen molar-refractivity contribution in [3.63, 3.8) is 0 Å². The molecule has 31 heavy (non-hydrogen) atoms. The SMILES string of the molecule is CS(=O)(=O)Nc1ccc(Oc2ccc(Cl)cc2)cc1C(=O)Nc1nc(C(F)(F)F)co1. The van der Waals surface area contributed by atoms with Gasteiger partial charge in [0.05, 0.1) is 17.5 Å². The highest BCUT2D eigenvalue weighted by atomic mass is 35.5. The number of alkyl halides is 3. The van der Waals surface area contributed by atoms with Crippen LogP contribution in [0.15, 0.2) is 53.1 Å². The molecule has 0 spiro atoms. The number of rotatable bonds is 6. The Bertz CT molecular complexity index is 1210. The van der Waals surface area contributed by atoms with Gasteiger partial charge in [-0.2, -0.15) is 18.2 Å². The van der Waals surface area contributed by atoms with E-state index in [4.69, 9.17) is 16.3 Å². The number of sulfonamides is 1. The number of amides is 1. The van der Waals surface area contributed by atoms with Gasteiger partial charge in [0, 0.05) is 5.02 Å². The number of halogens is 4. The number of oxazole rings is 1. The Morgan fingerprint density at radius 2 is 1.77 bits per heavy atom. The Morgan fingerprint density at radius 3 is 2.35 bits per heavy atom. The summed E-state index contributed by atoms with van der Waals surface area (Å²) in [5.74, 6) is -0.458. The van der Waals surface area contributed by atoms with E-state index in [2.05, 4.69) is 19.4 Å². The number of nitrogens with one attached hydrogen (secondary N) is 2. The van der Waals surface area contributed by atoms with E-state index in [-0.39, 0.29) is 17.0 Å². The Labute approximate surface area is 179 Å². The summed E-state index contributed by atoms with van der Waals surface area (Å²) in [6, 6.07) is 9.42. The molecule has 0 aliphatic carbocycles. The minimum atomic E-state index is -4.76. The average molecular weight is 476 g/mol. The third kappa shape index (κ3) is 6.12. The molecule has 3 aromatic rings. The third-order valence-electron chi connectivity index (χ3n) is 3.60. The Balaban J connectivity index is 1.91. The molecule has 1 heterocycles. The monoisotopic (exact) mass is 475 g/mol. The van der Waals surface area contributed by atoms with Gasteiger partial charge >= 0.3 is 12.2 Å². The highest BCUT2D eigenvalue weighted by molar-refractivity contribution is 7.92. The quantitative estimate of drug-likeness (QED) is 0.531. The molecule has 0 aliphatic heterocycles. The molecule has 2 N–H and O–H groups in total. The smallest absolute Gasteiger partial charge is 0.436 e. The van der Waals surface area contributed by atoms with Crippen molar-refractivity contribution in [2.45, 2.75) is 6.18 Å². The van der Waals surface area contributed by atoms with Crippen molar-refractivity contribution in [3.8, 4) is 11.5 Å². The zero-order valence-electron chi connectivity index (χ0n) is 15.5. The van der Waals surface area contributed by atoms with Crippen LogP contribution in [0.3, 0.4) is 0 Å². The van der Waals surface area contributed by atoms with E-state index in [9.17, 15) is 26.4 Å². The van der Waals surface area contributed by atoms with Crippen LogP contribution in [0.4, 0.5) is 24.9 Å². The summed E-state index contributed by atoms with van der Waals surface area (Å²) in [6.45, 7) is 0. The van der Waals surface area contributed by atoms with Crippen molar-refractivity contribution in [1.82, 2.24) is 4.98 Å². The van der Waals surface area contributed by atoms with Crippen molar-refractivity contribution < 1.29 is 35.5 Å². The van der Waals surface area contributed by atoms with Crippen LogP contribution in [0.25, 0.3) is 0 Å². The third-order valence-corrected chi connectivity index (χ3v) is 4.44. The molecule has 0 unspecified atom stereocenters. The second-order valence-corrected chi connectivity index (χ2v) is 8.31. The first-order valence-electron chi connectivity index (χ1n) is 8.30. The molecule has 1 aromatic heterocycles. The Hall–Kier alpha value is -3.25. The first kappa shape index (κ1) is 22.4. The van der Waals surface area contributed by atoms with Gasteiger partial charge in [0.2, 0.25) is 10.0 Å². The summed E-state index contributed by atoms with van der Waals surface area (Å²) >= 11 is 5.81. The lowest BCUT2D eigenvalue weighted by Crippen LogP contribution is -2.18. The van der Waals surface area contributed by atoms with Crippen LogP contribution in [0.1, 0.15) is 16.1 Å². The summed E-state index contributed by atoms with van der Waals surface area (Å²) in [6.07, 6.45) is -3.55. The summed E-state index contributed by atoms with van der Waals surface area (Å²) in [5.41, 5.74) is -1.72. The first-order chi connectivity index (χ1) is 14.4. The van der Waals surface area contributed by atoms with E-state index in [0.29, 0.717) is 17.0 Å². The summed E-state index contributed by atoms with van der Waals surface area (Å²) in [4.78, 5) is 15.8. The minimum Gasteiger partial charge on any atom is -0.457 e. The predicted octanol–water partition coefficient (Wildman–Crippen LogP) is 4.76. The maximum absolute atomic E-state index is 12.7. The van der Waals surface area contributed by atoms with Gasteiger partial charge in [0.1, 0.15) is 17.8 Å². The molecule has 0 saturated carbocycles. The fourth-order valence-electron chi connectivity index (χ4n) is 2.33. The normalized spacial score (nSPS) is 11.8. The molecule has 0 saturated heterocycles. The number of hydrogen-bond acceptors (Lipinski definition) is 6. The van der Waals surface area contributed by atoms with E-state index < -0.39 is 33.8 Å². The molecular formula is C18H13ClF3N3O5S. The zero-order valence-corrected chi connectivity index (χ0v) is 17.1. The Morgan fingerprint density at radius 1 is 1.13 bits per heavy atom. The largest absolute Gasteiger partial charge is 0.457 e. The molecule has 0 atom stereocenters. The lowest BCUT2D eigenvalue weighted by Gasteiger charge is -2.13. The fraction of sp³-hybridized carbons (Fsp3) is 0.111. The van der Waals surface area contributed by atoms with Crippen LogP contribution in [0.2, 0.25) is 5.02 Å². The van der Waals surface area contributed by atoms with Crippen molar-refractivity contribution in [3.05, 3.63) is 65.0 Å². The lowest BCUT2D eigenvalue weighted by atomic mass is 10.1. The number of nitrogens with zero attached hydrogens (tertiary/aromatic N) is 1. The van der Waals surface area contributed by atoms with Crippen LogP contribution in [0, 0.1) is 0 Å². The van der Waals surface area contributed by atoms with Crippen LogP contribution in [-0.2, 0) is 16.2 Å². The summed E-state index contributed by atoms with van der Waals surface area (Å²) in [5, 5.41) is 2.53. The van der Waals surface area contributed by atoms with E-state index in [1.54, 1.807) is 24.3 Å². The van der Waals surface area contributed by atoms with Crippen LogP contribution >= 0.6 is 11.6 Å². The molecule has 3 rings (SSSR count). The average Bonchev–Trinajstić information content (AvgIpc) is 3.12. The van der Waals surface area contributed by atoms with Crippen LogP contribution in [0.5, 0.6) is 11.5 Å². The number of ether oxygens (including phenoxy) is 1. The molecule has 0 radical (unpaired) electrons. The molecule has 0 aliphatic rings. The zero-order chi connectivity index (χ0) is 22.8. The number of carbonyl (C=O) groups excluding carboxylic acids is 1. The predicted molar refractivity (Wildman–Crippen MR) is 106 cm³/mol. The maximum atomic E-state index is 12.7. The number of aromatic nitrogens is 1. The van der Waals surface area contributed by atoms with Gasteiger partial charge in [-0.3, -0.25) is 14.8 Å². The highest BCUT2D eigenvalue weighted by Gasteiger charge is 2.35. The number of carbonyl (C=O) groups is 1. The van der Waals surface area contributed by atoms with Gasteiger partial charge in [0.15, 0.2) is 5.69 Å². The molecule has 0 bridgehead atoms. The van der Waals surface area contributed by atoms with Gasteiger partial charge < -0.3 is 9.15 Å². The highest BCUT2D eigenvalue weighted by Crippen LogP contribution is 2.31. The molecule has 2 aromatic carbocycles. The van der Waals surface area contributed by atoms with Crippen molar-refractivity contribution in [2.75, 3.05) is 16.3 Å². The topological polar surface area (TPSA) is 111 Å². The van der Waals surface area contributed by atoms with Crippen LogP contribution < -0.4 is 14.8 Å². The molecule has 164 valence electrons. The van der Waals surface area contributed by atoms with Crippen molar-refractivity contribution >= 4 is 39.2 Å². The van der Waals surface area contributed by atoms with Gasteiger partial charge in [-0.05, 0) is 42.5 Å². The lowest BCUT2D eigenvalue weighted by molar-refractivity contribution is -0.141. The molecule has 1 amide bonds. The molecule has 0 fully saturated rings.